The number of hydroxylamine groups is 1. The van der Waals surface area contributed by atoms with Crippen molar-refractivity contribution in [1.29, 1.82) is 0 Å². The molecule has 3 nitrogen and oxygen atoms in total. The molecule has 3 heteroatoms. The number of aryl methyl sites for hydroxylation is 1. The van der Waals surface area contributed by atoms with E-state index < -0.39 is 0 Å². The Bertz CT molecular complexity index is 268. The summed E-state index contributed by atoms with van der Waals surface area (Å²) in [4.78, 5) is 5.31. The van der Waals surface area contributed by atoms with Crippen LogP contribution in [-0.4, -0.2) is 11.2 Å². The summed E-state index contributed by atoms with van der Waals surface area (Å²) >= 11 is 0. The average Bonchev–Trinajstić information content (AvgIpc) is 2.61. The van der Waals surface area contributed by atoms with E-state index in [4.69, 9.17) is 4.84 Å². The molecule has 1 heterocycles. The molecule has 0 radical (unpaired) electrons. The quantitative estimate of drug-likeness (QED) is 0.553. The number of nitrogens with zero attached hydrogens (tertiary/aromatic N) is 1. The zero-order chi connectivity index (χ0) is 11.1. The van der Waals surface area contributed by atoms with Gasteiger partial charge in [-0.15, -0.1) is 0 Å². The first-order chi connectivity index (χ1) is 7.22. The van der Waals surface area contributed by atoms with E-state index >= 15 is 0 Å². The molecule has 0 amide bonds. The fraction of sp³-hybridized carbons (Fsp3) is 0.667. The second-order valence-electron chi connectivity index (χ2n) is 4.28. The number of nitrogens with one attached hydrogen (secondary N) is 1. The molecular weight excluding hydrogens is 188 g/mol. The van der Waals surface area contributed by atoms with Gasteiger partial charge in [0, 0.05) is 25.5 Å². The van der Waals surface area contributed by atoms with Crippen molar-refractivity contribution in [1.82, 2.24) is 10.0 Å². The molecule has 0 bridgehead atoms. The molecule has 0 atom stereocenters. The maximum absolute atomic E-state index is 5.31. The minimum absolute atomic E-state index is 0.571. The third-order valence-corrected chi connectivity index (χ3v) is 2.09. The fourth-order valence-electron chi connectivity index (χ4n) is 1.35. The first-order valence-electron chi connectivity index (χ1n) is 5.71. The molecule has 0 aliphatic rings. The van der Waals surface area contributed by atoms with E-state index in [2.05, 4.69) is 49.3 Å². The number of aromatic nitrogens is 1. The monoisotopic (exact) mass is 210 g/mol. The lowest BCUT2D eigenvalue weighted by Gasteiger charge is -2.06. The van der Waals surface area contributed by atoms with Gasteiger partial charge in [0.2, 0.25) is 0 Å². The Morgan fingerprint density at radius 2 is 2.27 bits per heavy atom. The van der Waals surface area contributed by atoms with Crippen molar-refractivity contribution >= 4 is 0 Å². The Labute approximate surface area is 92.4 Å². The second-order valence-corrected chi connectivity index (χ2v) is 4.28. The highest BCUT2D eigenvalue weighted by Gasteiger charge is 1.97. The van der Waals surface area contributed by atoms with Gasteiger partial charge < -0.3 is 9.40 Å². The van der Waals surface area contributed by atoms with Gasteiger partial charge in [0.15, 0.2) is 0 Å². The standard InChI is InChI=1S/C12H22N2O/c1-4-6-14-7-5-12(9-14)8-13-15-10-11(2)3/h5,7,9,11,13H,4,6,8,10H2,1-3H3. The third-order valence-electron chi connectivity index (χ3n) is 2.09. The van der Waals surface area contributed by atoms with E-state index in [-0.39, 0.29) is 0 Å². The predicted molar refractivity (Wildman–Crippen MR) is 62.4 cm³/mol. The first kappa shape index (κ1) is 12.3. The predicted octanol–water partition coefficient (Wildman–Crippen LogP) is 2.58. The largest absolute Gasteiger partial charge is 0.354 e. The van der Waals surface area contributed by atoms with E-state index in [1.54, 1.807) is 0 Å². The van der Waals surface area contributed by atoms with Crippen LogP contribution in [0.25, 0.3) is 0 Å². The van der Waals surface area contributed by atoms with Crippen LogP contribution >= 0.6 is 0 Å². The zero-order valence-corrected chi connectivity index (χ0v) is 9.99. The van der Waals surface area contributed by atoms with Crippen molar-refractivity contribution in [3.63, 3.8) is 0 Å². The lowest BCUT2D eigenvalue weighted by molar-refractivity contribution is 0.0196. The molecule has 86 valence electrons. The van der Waals surface area contributed by atoms with Crippen molar-refractivity contribution in [2.45, 2.75) is 40.3 Å². The molecule has 0 aliphatic heterocycles. The summed E-state index contributed by atoms with van der Waals surface area (Å²) in [7, 11) is 0. The lowest BCUT2D eigenvalue weighted by atomic mass is 10.2. The molecule has 0 unspecified atom stereocenters. The van der Waals surface area contributed by atoms with E-state index in [0.29, 0.717) is 5.92 Å². The van der Waals surface area contributed by atoms with Crippen molar-refractivity contribution in [2.24, 2.45) is 5.92 Å². The molecule has 1 N–H and O–H groups in total. The maximum atomic E-state index is 5.31. The molecule has 0 saturated carbocycles. The van der Waals surface area contributed by atoms with Gasteiger partial charge in [-0.2, -0.15) is 5.48 Å². The summed E-state index contributed by atoms with van der Waals surface area (Å²) in [5, 5.41) is 0. The highest BCUT2D eigenvalue weighted by Crippen LogP contribution is 2.02. The van der Waals surface area contributed by atoms with Crippen LogP contribution in [0.4, 0.5) is 0 Å². The molecule has 0 fully saturated rings. The molecule has 15 heavy (non-hydrogen) atoms. The van der Waals surface area contributed by atoms with Crippen LogP contribution in [0.3, 0.4) is 0 Å². The number of hydrogen-bond donors (Lipinski definition) is 1. The fourth-order valence-corrected chi connectivity index (χ4v) is 1.35. The Kier molecular flexibility index (Phi) is 5.43. The van der Waals surface area contributed by atoms with Crippen LogP contribution in [0.5, 0.6) is 0 Å². The molecule has 1 aromatic heterocycles. The molecule has 1 rings (SSSR count). The summed E-state index contributed by atoms with van der Waals surface area (Å²) in [6.45, 7) is 9.09. The van der Waals surface area contributed by atoms with Crippen molar-refractivity contribution < 1.29 is 4.84 Å². The van der Waals surface area contributed by atoms with Gasteiger partial charge >= 0.3 is 0 Å². The van der Waals surface area contributed by atoms with Gasteiger partial charge in [0.25, 0.3) is 0 Å². The second kappa shape index (κ2) is 6.64. The van der Waals surface area contributed by atoms with E-state index in [9.17, 15) is 0 Å². The number of rotatable bonds is 7. The average molecular weight is 210 g/mol. The zero-order valence-electron chi connectivity index (χ0n) is 9.99. The van der Waals surface area contributed by atoms with Crippen LogP contribution in [0.2, 0.25) is 0 Å². The molecule has 0 spiro atoms. The van der Waals surface area contributed by atoms with Gasteiger partial charge in [-0.25, -0.2) is 0 Å². The highest BCUT2D eigenvalue weighted by atomic mass is 16.6. The van der Waals surface area contributed by atoms with Gasteiger partial charge in [-0.1, -0.05) is 20.8 Å². The minimum atomic E-state index is 0.571. The Hall–Kier alpha value is -0.800. The lowest BCUT2D eigenvalue weighted by Crippen LogP contribution is -2.17. The Morgan fingerprint density at radius 1 is 1.47 bits per heavy atom. The van der Waals surface area contributed by atoms with Crippen LogP contribution in [0.15, 0.2) is 18.5 Å². The SMILES string of the molecule is CCCn1ccc(CNOCC(C)C)c1. The van der Waals surface area contributed by atoms with E-state index in [0.717, 1.165) is 19.7 Å². The van der Waals surface area contributed by atoms with E-state index in [1.807, 2.05) is 0 Å². The van der Waals surface area contributed by atoms with Crippen LogP contribution in [0, 0.1) is 5.92 Å². The molecule has 1 aromatic rings. The van der Waals surface area contributed by atoms with Crippen molar-refractivity contribution in [3.8, 4) is 0 Å². The highest BCUT2D eigenvalue weighted by molar-refractivity contribution is 5.09. The normalized spacial score (nSPS) is 11.2. The van der Waals surface area contributed by atoms with Gasteiger partial charge in [0.05, 0.1) is 6.61 Å². The first-order valence-corrected chi connectivity index (χ1v) is 5.71. The summed E-state index contributed by atoms with van der Waals surface area (Å²) < 4.78 is 2.21. The minimum Gasteiger partial charge on any atom is -0.354 e. The molecule has 0 aliphatic carbocycles. The van der Waals surface area contributed by atoms with Crippen LogP contribution < -0.4 is 5.48 Å². The Balaban J connectivity index is 2.19. The molecular formula is C12H22N2O. The summed E-state index contributed by atoms with van der Waals surface area (Å²) in [6.07, 6.45) is 5.45. The summed E-state index contributed by atoms with van der Waals surface area (Å²) in [5.41, 5.74) is 4.25. The van der Waals surface area contributed by atoms with Gasteiger partial charge in [0.1, 0.15) is 0 Å². The topological polar surface area (TPSA) is 26.2 Å². The van der Waals surface area contributed by atoms with Crippen molar-refractivity contribution in [3.05, 3.63) is 24.0 Å². The third kappa shape index (κ3) is 5.00. The van der Waals surface area contributed by atoms with Crippen LogP contribution in [-0.2, 0) is 17.9 Å². The number of hydrogen-bond acceptors (Lipinski definition) is 2. The van der Waals surface area contributed by atoms with Crippen LogP contribution in [0.1, 0.15) is 32.8 Å². The Morgan fingerprint density at radius 3 is 2.93 bits per heavy atom. The maximum Gasteiger partial charge on any atom is 0.0705 e. The molecule has 0 aromatic carbocycles. The van der Waals surface area contributed by atoms with Crippen molar-refractivity contribution in [2.75, 3.05) is 6.61 Å². The van der Waals surface area contributed by atoms with E-state index in [1.165, 1.54) is 12.0 Å². The smallest absolute Gasteiger partial charge is 0.0705 e. The summed E-state index contributed by atoms with van der Waals surface area (Å²) in [5.74, 6) is 0.571. The molecule has 0 saturated heterocycles. The van der Waals surface area contributed by atoms with Gasteiger partial charge in [-0.05, 0) is 24.0 Å². The summed E-state index contributed by atoms with van der Waals surface area (Å²) in [6, 6.07) is 2.13. The van der Waals surface area contributed by atoms with Gasteiger partial charge in [-0.3, -0.25) is 0 Å².